The molecule has 0 unspecified atom stereocenters. The monoisotopic (exact) mass is 536 g/mol. The van der Waals surface area contributed by atoms with Gasteiger partial charge in [-0.25, -0.2) is 9.97 Å². The number of aryl methyl sites for hydroxylation is 1. The molecule has 13 heteroatoms. The van der Waals surface area contributed by atoms with E-state index in [0.717, 1.165) is 12.0 Å². The Kier molecular flexibility index (Phi) is 7.86. The van der Waals surface area contributed by atoms with E-state index in [4.69, 9.17) is 0 Å². The third kappa shape index (κ3) is 5.89. The molecule has 1 aliphatic rings. The van der Waals surface area contributed by atoms with E-state index in [2.05, 4.69) is 24.2 Å². The third-order valence-electron chi connectivity index (χ3n) is 5.59. The molecule has 0 radical (unpaired) electrons. The average molecular weight is 537 g/mol. The molecule has 3 N–H and O–H groups in total. The maximum Gasteiger partial charge on any atom is 0.335 e. The predicted molar refractivity (Wildman–Crippen MR) is 131 cm³/mol. The fourth-order valence-electron chi connectivity index (χ4n) is 3.86. The van der Waals surface area contributed by atoms with E-state index in [1.807, 2.05) is 25.1 Å². The van der Waals surface area contributed by atoms with Crippen LogP contribution in [0.2, 0.25) is 0 Å². The number of nitrogens with one attached hydrogen (secondary N) is 2. The Morgan fingerprint density at radius 1 is 1.29 bits per heavy atom. The van der Waals surface area contributed by atoms with E-state index in [-0.39, 0.29) is 36.0 Å². The molecule has 0 spiro atoms. The second-order valence-electron chi connectivity index (χ2n) is 7.95. The SMILES string of the molecule is COS(=O)(=O)N[C@@H]1C[C@@H](Nc2ncncc2C(=O)c2cc([S@+]([O-])c3ccccc3)c(C)s2)C[C@@H]1O. The number of rotatable bonds is 9. The van der Waals surface area contributed by atoms with Crippen LogP contribution >= 0.6 is 11.3 Å². The van der Waals surface area contributed by atoms with Crippen LogP contribution in [-0.2, 0) is 25.7 Å². The Bertz CT molecular complexity index is 1300. The van der Waals surface area contributed by atoms with Gasteiger partial charge in [-0.05, 0) is 31.9 Å². The first-order valence-electron chi connectivity index (χ1n) is 10.6. The number of aliphatic hydroxyl groups is 1. The van der Waals surface area contributed by atoms with Crippen LogP contribution in [0.5, 0.6) is 0 Å². The summed E-state index contributed by atoms with van der Waals surface area (Å²) in [7, 11) is -2.93. The van der Waals surface area contributed by atoms with Gasteiger partial charge >= 0.3 is 10.3 Å². The highest BCUT2D eigenvalue weighted by atomic mass is 32.2. The molecule has 4 atom stereocenters. The van der Waals surface area contributed by atoms with Gasteiger partial charge in [-0.2, -0.15) is 13.1 Å². The van der Waals surface area contributed by atoms with Crippen molar-refractivity contribution in [1.82, 2.24) is 14.7 Å². The Morgan fingerprint density at radius 3 is 2.74 bits per heavy atom. The number of hydrogen-bond acceptors (Lipinski definition) is 10. The molecular weight excluding hydrogens is 512 g/mol. The molecule has 1 aliphatic carbocycles. The van der Waals surface area contributed by atoms with E-state index in [1.165, 1.54) is 23.9 Å². The van der Waals surface area contributed by atoms with Crippen molar-refractivity contribution in [3.63, 3.8) is 0 Å². The van der Waals surface area contributed by atoms with Crippen molar-refractivity contribution < 1.29 is 27.1 Å². The van der Waals surface area contributed by atoms with Crippen molar-refractivity contribution in [1.29, 1.82) is 0 Å². The van der Waals surface area contributed by atoms with Gasteiger partial charge in [-0.1, -0.05) is 18.2 Å². The highest BCUT2D eigenvalue weighted by Gasteiger charge is 2.36. The number of aromatic nitrogens is 2. The molecule has 186 valence electrons. The molecule has 0 saturated heterocycles. The summed E-state index contributed by atoms with van der Waals surface area (Å²) < 4.78 is 43.1. The van der Waals surface area contributed by atoms with E-state index < -0.39 is 33.6 Å². The normalized spacial score (nSPS) is 21.1. The summed E-state index contributed by atoms with van der Waals surface area (Å²) in [6, 6.07) is 9.57. The molecular formula is C22H24N4O6S3. The van der Waals surface area contributed by atoms with Crippen molar-refractivity contribution in [2.75, 3.05) is 12.4 Å². The van der Waals surface area contributed by atoms with Crippen molar-refractivity contribution in [3.05, 3.63) is 64.2 Å². The van der Waals surface area contributed by atoms with Gasteiger partial charge in [-0.15, -0.1) is 11.3 Å². The molecule has 0 amide bonds. The summed E-state index contributed by atoms with van der Waals surface area (Å²) in [4.78, 5) is 23.9. The Labute approximate surface area is 210 Å². The van der Waals surface area contributed by atoms with E-state index in [0.29, 0.717) is 14.7 Å². The number of benzene rings is 1. The lowest BCUT2D eigenvalue weighted by atomic mass is 10.1. The number of carbonyl (C=O) groups excluding carboxylic acids is 1. The number of ketones is 1. The zero-order valence-corrected chi connectivity index (χ0v) is 21.3. The van der Waals surface area contributed by atoms with Crippen molar-refractivity contribution in [3.8, 4) is 0 Å². The standard InChI is InChI=1S/C22H24N4O6S3/c1-13-20(34(29)15-6-4-3-5-7-15)10-19(33-13)21(28)16-11-23-12-24-22(16)25-14-8-17(18(27)9-14)26-35(30,31)32-2/h3-7,10-12,14,17-18,26-27H,8-9H2,1-2H3,(H,23,24,25)/t14-,17-,18+,34-/m1/s1. The quantitative estimate of drug-likeness (QED) is 0.275. The van der Waals surface area contributed by atoms with Gasteiger partial charge in [0.2, 0.25) is 5.78 Å². The van der Waals surface area contributed by atoms with Gasteiger partial charge in [0, 0.05) is 29.5 Å². The summed E-state index contributed by atoms with van der Waals surface area (Å²) in [6.07, 6.45) is 2.27. The minimum absolute atomic E-state index is 0.223. The van der Waals surface area contributed by atoms with E-state index in [1.54, 1.807) is 18.2 Å². The molecule has 1 saturated carbocycles. The van der Waals surface area contributed by atoms with Gasteiger partial charge in [0.25, 0.3) is 0 Å². The highest BCUT2D eigenvalue weighted by molar-refractivity contribution is 7.91. The van der Waals surface area contributed by atoms with Crippen LogP contribution in [0.4, 0.5) is 5.82 Å². The molecule has 3 aromatic rings. The Morgan fingerprint density at radius 2 is 2.03 bits per heavy atom. The van der Waals surface area contributed by atoms with Gasteiger partial charge < -0.3 is 15.0 Å². The topological polar surface area (TPSA) is 154 Å². The molecule has 2 heterocycles. The van der Waals surface area contributed by atoms with Crippen LogP contribution in [0.15, 0.2) is 58.7 Å². The van der Waals surface area contributed by atoms with Crippen molar-refractivity contribution in [2.45, 2.75) is 47.7 Å². The number of aliphatic hydroxyl groups excluding tert-OH is 1. The zero-order chi connectivity index (χ0) is 25.2. The first-order valence-corrected chi connectivity index (χ1v) is 14.0. The Hall–Kier alpha value is -2.39. The van der Waals surface area contributed by atoms with Crippen LogP contribution in [0.25, 0.3) is 0 Å². The lowest BCUT2D eigenvalue weighted by Crippen LogP contribution is -2.40. The number of anilines is 1. The van der Waals surface area contributed by atoms with Crippen LogP contribution in [0, 0.1) is 6.92 Å². The van der Waals surface area contributed by atoms with Gasteiger partial charge in [0.15, 0.2) is 9.79 Å². The van der Waals surface area contributed by atoms with Crippen molar-refractivity contribution in [2.24, 2.45) is 0 Å². The molecule has 1 aromatic carbocycles. The summed E-state index contributed by atoms with van der Waals surface area (Å²) >= 11 is -0.175. The average Bonchev–Trinajstić information content (AvgIpc) is 3.40. The summed E-state index contributed by atoms with van der Waals surface area (Å²) in [5, 5.41) is 13.4. The van der Waals surface area contributed by atoms with E-state index >= 15 is 0 Å². The zero-order valence-electron chi connectivity index (χ0n) is 18.9. The molecule has 35 heavy (non-hydrogen) atoms. The molecule has 0 aliphatic heterocycles. The van der Waals surface area contributed by atoms with Crippen molar-refractivity contribution >= 4 is 44.4 Å². The first-order chi connectivity index (χ1) is 16.7. The van der Waals surface area contributed by atoms with Gasteiger partial charge in [0.05, 0.1) is 34.6 Å². The predicted octanol–water partition coefficient (Wildman–Crippen LogP) is 2.03. The van der Waals surface area contributed by atoms with Gasteiger partial charge in [0.1, 0.15) is 12.1 Å². The fraction of sp³-hybridized carbons (Fsp3) is 0.318. The summed E-state index contributed by atoms with van der Waals surface area (Å²) in [5.41, 5.74) is 0.223. The molecule has 0 bridgehead atoms. The maximum absolute atomic E-state index is 13.4. The van der Waals surface area contributed by atoms with Crippen LogP contribution in [0.1, 0.15) is 33.0 Å². The molecule has 4 rings (SSSR count). The number of nitrogens with zero attached hydrogens (tertiary/aromatic N) is 2. The molecule has 2 aromatic heterocycles. The fourth-order valence-corrected chi connectivity index (χ4v) is 7.02. The highest BCUT2D eigenvalue weighted by Crippen LogP contribution is 2.33. The molecule has 10 nitrogen and oxygen atoms in total. The second-order valence-corrected chi connectivity index (χ2v) is 12.1. The lowest BCUT2D eigenvalue weighted by molar-refractivity contribution is 0.104. The third-order valence-corrected chi connectivity index (χ3v) is 9.33. The minimum Gasteiger partial charge on any atom is -0.606 e. The molecule has 1 fully saturated rings. The van der Waals surface area contributed by atoms with E-state index in [9.17, 15) is 22.9 Å². The van der Waals surface area contributed by atoms with Gasteiger partial charge in [-0.3, -0.25) is 8.98 Å². The maximum atomic E-state index is 13.4. The number of carbonyl (C=O) groups is 1. The summed E-state index contributed by atoms with van der Waals surface area (Å²) in [5.74, 6) is -0.0538. The van der Waals surface area contributed by atoms with Crippen LogP contribution < -0.4 is 10.0 Å². The minimum atomic E-state index is -3.96. The number of hydrogen-bond donors (Lipinski definition) is 3. The lowest BCUT2D eigenvalue weighted by Gasteiger charge is -2.16. The van der Waals surface area contributed by atoms with Crippen LogP contribution in [0.3, 0.4) is 0 Å². The first kappa shape index (κ1) is 25.7. The largest absolute Gasteiger partial charge is 0.606 e. The smallest absolute Gasteiger partial charge is 0.335 e. The van der Waals surface area contributed by atoms with Crippen LogP contribution in [-0.4, -0.2) is 59.1 Å². The second kappa shape index (κ2) is 10.7. The summed E-state index contributed by atoms with van der Waals surface area (Å²) in [6.45, 7) is 1.82. The Balaban J connectivity index is 1.52. The number of thiophene rings is 1.